The smallest absolute Gasteiger partial charge is 0.142 e. The van der Waals surface area contributed by atoms with Crippen LogP contribution < -0.4 is 5.73 Å². The monoisotopic (exact) mass is 344 g/mol. The van der Waals surface area contributed by atoms with E-state index in [1.807, 2.05) is 37.3 Å². The second-order valence-corrected chi connectivity index (χ2v) is 5.88. The summed E-state index contributed by atoms with van der Waals surface area (Å²) in [6, 6.07) is 14.4. The van der Waals surface area contributed by atoms with Crippen molar-refractivity contribution in [3.05, 3.63) is 75.6 Å². The second kappa shape index (κ2) is 5.54. The molecule has 0 saturated carbocycles. The van der Waals surface area contributed by atoms with Crippen molar-refractivity contribution in [3.63, 3.8) is 0 Å². The Morgan fingerprint density at radius 3 is 2.76 bits per heavy atom. The average Bonchev–Trinajstić information content (AvgIpc) is 2.49. The van der Waals surface area contributed by atoms with Gasteiger partial charge in [0, 0.05) is 16.6 Å². The standard InChI is InChI=1S/C17H14BrFN2/c1-10-5-6-11-9-12(7-8-15(11)21-10)17(20)13-3-2-4-14(18)16(13)19/h2-9,17H,20H2,1H3. The van der Waals surface area contributed by atoms with Crippen molar-refractivity contribution in [2.75, 3.05) is 0 Å². The van der Waals surface area contributed by atoms with Crippen molar-refractivity contribution in [1.29, 1.82) is 0 Å². The van der Waals surface area contributed by atoms with E-state index in [0.29, 0.717) is 10.0 Å². The van der Waals surface area contributed by atoms with Gasteiger partial charge in [-0.1, -0.05) is 24.3 Å². The van der Waals surface area contributed by atoms with Crippen molar-refractivity contribution in [2.45, 2.75) is 13.0 Å². The summed E-state index contributed by atoms with van der Waals surface area (Å²) >= 11 is 3.19. The Bertz CT molecular complexity index is 817. The molecule has 0 aliphatic rings. The molecule has 0 aliphatic heterocycles. The van der Waals surface area contributed by atoms with Crippen LogP contribution in [-0.4, -0.2) is 4.98 Å². The summed E-state index contributed by atoms with van der Waals surface area (Å²) in [5, 5.41) is 1.00. The van der Waals surface area contributed by atoms with Crippen molar-refractivity contribution in [2.24, 2.45) is 5.73 Å². The number of halogens is 2. The van der Waals surface area contributed by atoms with Gasteiger partial charge in [0.05, 0.1) is 16.0 Å². The fourth-order valence-corrected chi connectivity index (χ4v) is 2.76. The molecule has 1 unspecified atom stereocenters. The molecule has 0 amide bonds. The number of rotatable bonds is 2. The topological polar surface area (TPSA) is 38.9 Å². The average molecular weight is 345 g/mol. The van der Waals surface area contributed by atoms with Crippen LogP contribution in [0, 0.1) is 12.7 Å². The van der Waals surface area contributed by atoms with E-state index in [4.69, 9.17) is 5.73 Å². The molecule has 0 saturated heterocycles. The molecule has 2 nitrogen and oxygen atoms in total. The normalized spacial score (nSPS) is 12.6. The van der Waals surface area contributed by atoms with Crippen LogP contribution in [0.1, 0.15) is 22.9 Å². The van der Waals surface area contributed by atoms with Gasteiger partial charge in [-0.2, -0.15) is 0 Å². The lowest BCUT2D eigenvalue weighted by atomic mass is 9.97. The number of pyridine rings is 1. The summed E-state index contributed by atoms with van der Waals surface area (Å²) in [6.07, 6.45) is 0. The van der Waals surface area contributed by atoms with Gasteiger partial charge in [-0.3, -0.25) is 4.98 Å². The number of hydrogen-bond donors (Lipinski definition) is 1. The highest BCUT2D eigenvalue weighted by atomic mass is 79.9. The summed E-state index contributed by atoms with van der Waals surface area (Å²) in [4.78, 5) is 4.46. The first-order valence-corrected chi connectivity index (χ1v) is 7.42. The van der Waals surface area contributed by atoms with Crippen LogP contribution in [0.4, 0.5) is 4.39 Å². The number of nitrogens with zero attached hydrogens (tertiary/aromatic N) is 1. The molecule has 1 aromatic heterocycles. The third-order valence-corrected chi connectivity index (χ3v) is 4.14. The van der Waals surface area contributed by atoms with Crippen LogP contribution in [0.15, 0.2) is 53.0 Å². The van der Waals surface area contributed by atoms with Gasteiger partial charge in [-0.15, -0.1) is 0 Å². The molecular formula is C17H14BrFN2. The number of nitrogens with two attached hydrogens (primary N) is 1. The Balaban J connectivity index is 2.07. The third kappa shape index (κ3) is 2.69. The minimum absolute atomic E-state index is 0.313. The largest absolute Gasteiger partial charge is 0.320 e. The summed E-state index contributed by atoms with van der Waals surface area (Å²) in [5.74, 6) is -0.313. The first kappa shape index (κ1) is 14.2. The predicted octanol–water partition coefficient (Wildman–Crippen LogP) is 4.49. The van der Waals surface area contributed by atoms with Gasteiger partial charge < -0.3 is 5.73 Å². The summed E-state index contributed by atoms with van der Waals surface area (Å²) in [7, 11) is 0. The fourth-order valence-electron chi connectivity index (χ4n) is 2.38. The van der Waals surface area contributed by atoms with Gasteiger partial charge >= 0.3 is 0 Å². The highest BCUT2D eigenvalue weighted by Gasteiger charge is 2.15. The molecule has 0 aliphatic carbocycles. The van der Waals surface area contributed by atoms with Gasteiger partial charge in [-0.25, -0.2) is 4.39 Å². The zero-order valence-electron chi connectivity index (χ0n) is 11.5. The molecule has 2 N–H and O–H groups in total. The lowest BCUT2D eigenvalue weighted by Gasteiger charge is -2.15. The Morgan fingerprint density at radius 1 is 1.14 bits per heavy atom. The summed E-state index contributed by atoms with van der Waals surface area (Å²) < 4.78 is 14.6. The maximum absolute atomic E-state index is 14.2. The third-order valence-electron chi connectivity index (χ3n) is 3.53. The molecule has 0 spiro atoms. The van der Waals surface area contributed by atoms with Crippen molar-refractivity contribution >= 4 is 26.8 Å². The SMILES string of the molecule is Cc1ccc2cc(C(N)c3cccc(Br)c3F)ccc2n1. The number of fused-ring (bicyclic) bond motifs is 1. The number of hydrogen-bond acceptors (Lipinski definition) is 2. The highest BCUT2D eigenvalue weighted by Crippen LogP contribution is 2.28. The number of aromatic nitrogens is 1. The van der Waals surface area contributed by atoms with Crippen LogP contribution in [0.25, 0.3) is 10.9 Å². The minimum atomic E-state index is -0.506. The quantitative estimate of drug-likeness (QED) is 0.743. The minimum Gasteiger partial charge on any atom is -0.320 e. The summed E-state index contributed by atoms with van der Waals surface area (Å²) in [6.45, 7) is 1.95. The highest BCUT2D eigenvalue weighted by molar-refractivity contribution is 9.10. The molecule has 4 heteroatoms. The van der Waals surface area contributed by atoms with E-state index in [2.05, 4.69) is 20.9 Å². The van der Waals surface area contributed by atoms with Gasteiger partial charge in [0.15, 0.2) is 0 Å². The van der Waals surface area contributed by atoms with E-state index in [1.165, 1.54) is 0 Å². The first-order chi connectivity index (χ1) is 10.1. The van der Waals surface area contributed by atoms with E-state index in [0.717, 1.165) is 22.2 Å². The Morgan fingerprint density at radius 2 is 1.95 bits per heavy atom. The van der Waals surface area contributed by atoms with E-state index in [-0.39, 0.29) is 5.82 Å². The van der Waals surface area contributed by atoms with E-state index in [9.17, 15) is 4.39 Å². The lowest BCUT2D eigenvalue weighted by molar-refractivity contribution is 0.593. The first-order valence-electron chi connectivity index (χ1n) is 6.63. The van der Waals surface area contributed by atoms with Crippen molar-refractivity contribution in [3.8, 4) is 0 Å². The zero-order chi connectivity index (χ0) is 15.0. The Hall–Kier alpha value is -1.78. The molecule has 1 atom stereocenters. The molecular weight excluding hydrogens is 331 g/mol. The molecule has 21 heavy (non-hydrogen) atoms. The molecule has 0 fully saturated rings. The molecule has 0 radical (unpaired) electrons. The van der Waals surface area contributed by atoms with Crippen LogP contribution in [0.2, 0.25) is 0 Å². The van der Waals surface area contributed by atoms with Gasteiger partial charge in [0.2, 0.25) is 0 Å². The zero-order valence-corrected chi connectivity index (χ0v) is 13.1. The second-order valence-electron chi connectivity index (χ2n) is 5.03. The molecule has 3 aromatic rings. The number of aryl methyl sites for hydroxylation is 1. The Labute approximate surface area is 130 Å². The maximum Gasteiger partial charge on any atom is 0.142 e. The van der Waals surface area contributed by atoms with Gasteiger partial charge in [0.25, 0.3) is 0 Å². The lowest BCUT2D eigenvalue weighted by Crippen LogP contribution is -2.13. The van der Waals surface area contributed by atoms with Gasteiger partial charge in [-0.05, 0) is 52.7 Å². The van der Waals surface area contributed by atoms with Crippen LogP contribution in [0.5, 0.6) is 0 Å². The predicted molar refractivity (Wildman–Crippen MR) is 86.6 cm³/mol. The molecule has 106 valence electrons. The maximum atomic E-state index is 14.2. The van der Waals surface area contributed by atoms with Crippen molar-refractivity contribution < 1.29 is 4.39 Å². The van der Waals surface area contributed by atoms with E-state index >= 15 is 0 Å². The Kier molecular flexibility index (Phi) is 3.74. The van der Waals surface area contributed by atoms with Crippen LogP contribution in [-0.2, 0) is 0 Å². The van der Waals surface area contributed by atoms with Crippen LogP contribution in [0.3, 0.4) is 0 Å². The molecule has 0 bridgehead atoms. The van der Waals surface area contributed by atoms with Crippen molar-refractivity contribution in [1.82, 2.24) is 4.98 Å². The van der Waals surface area contributed by atoms with E-state index < -0.39 is 6.04 Å². The van der Waals surface area contributed by atoms with Crippen LogP contribution >= 0.6 is 15.9 Å². The molecule has 2 aromatic carbocycles. The molecule has 1 heterocycles. The summed E-state index contributed by atoms with van der Waals surface area (Å²) in [5.41, 5.74) is 9.45. The fraction of sp³-hybridized carbons (Fsp3) is 0.118. The van der Waals surface area contributed by atoms with Gasteiger partial charge in [0.1, 0.15) is 5.82 Å². The number of benzene rings is 2. The van der Waals surface area contributed by atoms with E-state index in [1.54, 1.807) is 18.2 Å². The molecule has 3 rings (SSSR count).